The number of nitrogens with zero attached hydrogens (tertiary/aromatic N) is 1. The summed E-state index contributed by atoms with van der Waals surface area (Å²) in [5.74, 6) is 2.44. The molecule has 1 atom stereocenters. The number of piperidine rings is 1. The van der Waals surface area contributed by atoms with Crippen molar-refractivity contribution < 1.29 is 9.15 Å². The molecule has 1 aromatic carbocycles. The summed E-state index contributed by atoms with van der Waals surface area (Å²) in [5, 5.41) is 3.46. The van der Waals surface area contributed by atoms with Crippen LogP contribution in [0.1, 0.15) is 31.1 Å². The highest BCUT2D eigenvalue weighted by molar-refractivity contribution is 5.54. The van der Waals surface area contributed by atoms with Crippen LogP contribution < -0.4 is 10.1 Å². The molecule has 1 saturated heterocycles. The van der Waals surface area contributed by atoms with Crippen molar-refractivity contribution in [2.75, 3.05) is 13.7 Å². The van der Waals surface area contributed by atoms with E-state index in [0.29, 0.717) is 11.9 Å². The normalized spacial score (nSPS) is 19.3. The molecule has 1 aliphatic rings. The van der Waals surface area contributed by atoms with Gasteiger partial charge in [0.25, 0.3) is 0 Å². The zero-order chi connectivity index (χ0) is 13.1. The van der Waals surface area contributed by atoms with E-state index in [1.54, 1.807) is 7.11 Å². The summed E-state index contributed by atoms with van der Waals surface area (Å²) in [6.07, 6.45) is 5.45. The van der Waals surface area contributed by atoms with E-state index in [2.05, 4.69) is 10.3 Å². The number of hydrogen-bond acceptors (Lipinski definition) is 4. The summed E-state index contributed by atoms with van der Waals surface area (Å²) in [6, 6.07) is 8.06. The van der Waals surface area contributed by atoms with E-state index in [9.17, 15) is 0 Å². The molecular weight excluding hydrogens is 240 g/mol. The maximum absolute atomic E-state index is 5.87. The van der Waals surface area contributed by atoms with Crippen LogP contribution in [0.15, 0.2) is 34.9 Å². The highest BCUT2D eigenvalue weighted by atomic mass is 16.5. The van der Waals surface area contributed by atoms with Crippen molar-refractivity contribution in [2.45, 2.75) is 25.3 Å². The molecule has 4 heteroatoms. The molecule has 0 amide bonds. The molecule has 3 rings (SSSR count). The Kier molecular flexibility index (Phi) is 3.51. The minimum Gasteiger partial charge on any atom is -0.497 e. The van der Waals surface area contributed by atoms with Crippen LogP contribution in [-0.2, 0) is 0 Å². The van der Waals surface area contributed by atoms with Crippen LogP contribution in [-0.4, -0.2) is 18.6 Å². The van der Waals surface area contributed by atoms with Gasteiger partial charge in [0.1, 0.15) is 11.5 Å². The number of methoxy groups -OCH3 is 1. The molecule has 0 bridgehead atoms. The highest BCUT2D eigenvalue weighted by Gasteiger charge is 2.19. The van der Waals surface area contributed by atoms with Crippen molar-refractivity contribution in [3.05, 3.63) is 36.2 Å². The van der Waals surface area contributed by atoms with Gasteiger partial charge in [-0.3, -0.25) is 0 Å². The van der Waals surface area contributed by atoms with Crippen molar-refractivity contribution in [2.24, 2.45) is 0 Å². The third kappa shape index (κ3) is 2.63. The van der Waals surface area contributed by atoms with Crippen LogP contribution in [0.2, 0.25) is 0 Å². The summed E-state index contributed by atoms with van der Waals surface area (Å²) in [6.45, 7) is 1.06. The smallest absolute Gasteiger partial charge is 0.226 e. The zero-order valence-corrected chi connectivity index (χ0v) is 11.1. The largest absolute Gasteiger partial charge is 0.497 e. The standard InChI is InChI=1S/C15H18N2O2/c1-18-12-7-5-11(6-8-12)15-17-10-14(19-15)13-4-2-3-9-16-13/h5-8,10,13,16H,2-4,9H2,1H3. The Morgan fingerprint density at radius 1 is 1.26 bits per heavy atom. The van der Waals surface area contributed by atoms with Gasteiger partial charge in [-0.15, -0.1) is 0 Å². The second kappa shape index (κ2) is 5.45. The van der Waals surface area contributed by atoms with Crippen LogP contribution in [0.4, 0.5) is 0 Å². The van der Waals surface area contributed by atoms with Crippen LogP contribution >= 0.6 is 0 Å². The average molecular weight is 258 g/mol. The molecule has 1 aromatic heterocycles. The first-order chi connectivity index (χ1) is 9.36. The molecule has 19 heavy (non-hydrogen) atoms. The Morgan fingerprint density at radius 2 is 2.11 bits per heavy atom. The lowest BCUT2D eigenvalue weighted by atomic mass is 10.0. The second-order valence-electron chi connectivity index (χ2n) is 4.80. The lowest BCUT2D eigenvalue weighted by molar-refractivity contribution is 0.352. The number of ether oxygens (including phenoxy) is 1. The molecule has 100 valence electrons. The van der Waals surface area contributed by atoms with Crippen molar-refractivity contribution in [1.29, 1.82) is 0 Å². The van der Waals surface area contributed by atoms with Gasteiger partial charge in [0.2, 0.25) is 5.89 Å². The van der Waals surface area contributed by atoms with Crippen LogP contribution in [0, 0.1) is 0 Å². The Bertz CT molecular complexity index is 527. The molecule has 0 radical (unpaired) electrons. The van der Waals surface area contributed by atoms with Gasteiger partial charge in [-0.1, -0.05) is 6.42 Å². The number of rotatable bonds is 3. The molecule has 2 heterocycles. The minimum absolute atomic E-state index is 0.313. The summed E-state index contributed by atoms with van der Waals surface area (Å²) >= 11 is 0. The van der Waals surface area contributed by atoms with E-state index in [-0.39, 0.29) is 0 Å². The topological polar surface area (TPSA) is 47.3 Å². The number of benzene rings is 1. The molecule has 0 aliphatic carbocycles. The molecule has 1 N–H and O–H groups in total. The molecule has 0 spiro atoms. The Balaban J connectivity index is 1.79. The van der Waals surface area contributed by atoms with Gasteiger partial charge in [0.15, 0.2) is 0 Å². The first-order valence-corrected chi connectivity index (χ1v) is 6.70. The molecule has 1 unspecified atom stereocenters. The average Bonchev–Trinajstić information content (AvgIpc) is 2.98. The monoisotopic (exact) mass is 258 g/mol. The summed E-state index contributed by atoms with van der Waals surface area (Å²) in [5.41, 5.74) is 0.975. The SMILES string of the molecule is COc1ccc(-c2ncc(C3CCCCN3)o2)cc1. The van der Waals surface area contributed by atoms with Crippen molar-refractivity contribution in [3.8, 4) is 17.2 Å². The second-order valence-corrected chi connectivity index (χ2v) is 4.80. The molecule has 0 saturated carbocycles. The van der Waals surface area contributed by atoms with E-state index >= 15 is 0 Å². The van der Waals surface area contributed by atoms with Gasteiger partial charge in [0, 0.05) is 5.56 Å². The van der Waals surface area contributed by atoms with Gasteiger partial charge >= 0.3 is 0 Å². The summed E-state index contributed by atoms with van der Waals surface area (Å²) in [4.78, 5) is 4.37. The molecule has 4 nitrogen and oxygen atoms in total. The molecular formula is C15H18N2O2. The highest BCUT2D eigenvalue weighted by Crippen LogP contribution is 2.27. The Morgan fingerprint density at radius 3 is 2.79 bits per heavy atom. The Hall–Kier alpha value is -1.81. The zero-order valence-electron chi connectivity index (χ0n) is 11.1. The number of oxazole rings is 1. The fraction of sp³-hybridized carbons (Fsp3) is 0.400. The van der Waals surface area contributed by atoms with Crippen LogP contribution in [0.5, 0.6) is 5.75 Å². The van der Waals surface area contributed by atoms with Crippen molar-refractivity contribution in [3.63, 3.8) is 0 Å². The fourth-order valence-electron chi connectivity index (χ4n) is 2.41. The molecule has 2 aromatic rings. The predicted octanol–water partition coefficient (Wildman–Crippen LogP) is 3.16. The number of nitrogens with one attached hydrogen (secondary N) is 1. The van der Waals surface area contributed by atoms with Crippen LogP contribution in [0.25, 0.3) is 11.5 Å². The Labute approximate surface area is 112 Å². The van der Waals surface area contributed by atoms with E-state index in [4.69, 9.17) is 9.15 Å². The predicted molar refractivity (Wildman–Crippen MR) is 73.1 cm³/mol. The molecule has 1 fully saturated rings. The lowest BCUT2D eigenvalue weighted by Gasteiger charge is -2.20. The van der Waals surface area contributed by atoms with Gasteiger partial charge < -0.3 is 14.5 Å². The summed E-state index contributed by atoms with van der Waals surface area (Å²) in [7, 11) is 1.66. The summed E-state index contributed by atoms with van der Waals surface area (Å²) < 4.78 is 11.0. The van der Waals surface area contributed by atoms with E-state index in [1.165, 1.54) is 12.8 Å². The quantitative estimate of drug-likeness (QED) is 0.918. The van der Waals surface area contributed by atoms with E-state index in [0.717, 1.165) is 30.0 Å². The number of hydrogen-bond donors (Lipinski definition) is 1. The van der Waals surface area contributed by atoms with Gasteiger partial charge in [-0.2, -0.15) is 0 Å². The maximum Gasteiger partial charge on any atom is 0.226 e. The lowest BCUT2D eigenvalue weighted by Crippen LogP contribution is -2.26. The fourth-order valence-corrected chi connectivity index (χ4v) is 2.41. The van der Waals surface area contributed by atoms with Crippen molar-refractivity contribution >= 4 is 0 Å². The van der Waals surface area contributed by atoms with Crippen molar-refractivity contribution in [1.82, 2.24) is 10.3 Å². The molecule has 1 aliphatic heterocycles. The minimum atomic E-state index is 0.313. The third-order valence-corrected chi connectivity index (χ3v) is 3.51. The number of aromatic nitrogens is 1. The van der Waals surface area contributed by atoms with E-state index < -0.39 is 0 Å². The third-order valence-electron chi connectivity index (χ3n) is 3.51. The van der Waals surface area contributed by atoms with Gasteiger partial charge in [-0.25, -0.2) is 4.98 Å². The van der Waals surface area contributed by atoms with E-state index in [1.807, 2.05) is 30.5 Å². The first-order valence-electron chi connectivity index (χ1n) is 6.70. The maximum atomic E-state index is 5.87. The van der Waals surface area contributed by atoms with Crippen LogP contribution in [0.3, 0.4) is 0 Å². The van der Waals surface area contributed by atoms with Gasteiger partial charge in [0.05, 0.1) is 19.3 Å². The first kappa shape index (κ1) is 12.2. The van der Waals surface area contributed by atoms with Gasteiger partial charge in [-0.05, 0) is 43.7 Å².